The summed E-state index contributed by atoms with van der Waals surface area (Å²) in [4.78, 5) is 22.5. The lowest BCUT2D eigenvalue weighted by atomic mass is 10.1. The number of halogens is 1. The van der Waals surface area contributed by atoms with E-state index in [0.717, 1.165) is 12.8 Å². The molecule has 1 aromatic carbocycles. The molecule has 3 rings (SSSR count). The number of hydrogen-bond donors (Lipinski definition) is 0. The Labute approximate surface area is 145 Å². The molecule has 6 nitrogen and oxygen atoms in total. The van der Waals surface area contributed by atoms with Crippen LogP contribution in [0.5, 0.6) is 11.6 Å². The average Bonchev–Trinajstić information content (AvgIpc) is 2.62. The van der Waals surface area contributed by atoms with Crippen molar-refractivity contribution in [3.63, 3.8) is 0 Å². The normalized spacial score (nSPS) is 17.4. The maximum Gasteiger partial charge on any atom is 0.257 e. The third kappa shape index (κ3) is 3.76. The molecule has 1 atom stereocenters. The number of amides is 1. The highest BCUT2D eigenvalue weighted by atomic mass is 35.5. The van der Waals surface area contributed by atoms with Gasteiger partial charge in [-0.1, -0.05) is 11.6 Å². The van der Waals surface area contributed by atoms with Gasteiger partial charge in [0.2, 0.25) is 5.88 Å². The Morgan fingerprint density at radius 2 is 2.25 bits per heavy atom. The Morgan fingerprint density at radius 3 is 3.00 bits per heavy atom. The highest BCUT2D eigenvalue weighted by Gasteiger charge is 2.27. The topological polar surface area (TPSA) is 64.5 Å². The molecule has 2 aromatic rings. The van der Waals surface area contributed by atoms with Gasteiger partial charge in [-0.15, -0.1) is 0 Å². The van der Waals surface area contributed by atoms with Gasteiger partial charge in [-0.25, -0.2) is 9.97 Å². The number of likely N-dealkylation sites (tertiary alicyclic amines) is 1. The number of carbonyl (C=O) groups is 1. The van der Waals surface area contributed by atoms with Crippen LogP contribution >= 0.6 is 11.6 Å². The minimum atomic E-state index is -0.106. The predicted octanol–water partition coefficient (Wildman–Crippen LogP) is 2.82. The lowest BCUT2D eigenvalue weighted by molar-refractivity contribution is 0.0524. The van der Waals surface area contributed by atoms with E-state index >= 15 is 0 Å². The first kappa shape index (κ1) is 16.5. The zero-order valence-corrected chi connectivity index (χ0v) is 14.1. The summed E-state index contributed by atoms with van der Waals surface area (Å²) >= 11 is 6.03. The summed E-state index contributed by atoms with van der Waals surface area (Å²) < 4.78 is 11.1. The summed E-state index contributed by atoms with van der Waals surface area (Å²) in [6.07, 6.45) is 4.72. The molecule has 0 N–H and O–H groups in total. The van der Waals surface area contributed by atoms with Gasteiger partial charge in [-0.05, 0) is 31.0 Å². The SMILES string of the molecule is COc1ccc(Cl)cc1C(=O)N1CCC[C@@H](Oc2ccncn2)C1. The summed E-state index contributed by atoms with van der Waals surface area (Å²) in [6, 6.07) is 6.75. The second kappa shape index (κ2) is 7.49. The number of ether oxygens (including phenoxy) is 2. The van der Waals surface area contributed by atoms with E-state index in [2.05, 4.69) is 9.97 Å². The van der Waals surface area contributed by atoms with Gasteiger partial charge in [0.25, 0.3) is 5.91 Å². The molecule has 1 saturated heterocycles. The molecule has 24 heavy (non-hydrogen) atoms. The predicted molar refractivity (Wildman–Crippen MR) is 89.6 cm³/mol. The molecular weight excluding hydrogens is 330 g/mol. The second-order valence-electron chi connectivity index (χ2n) is 5.53. The van der Waals surface area contributed by atoms with Gasteiger partial charge >= 0.3 is 0 Å². The van der Waals surface area contributed by atoms with Crippen LogP contribution in [0.15, 0.2) is 36.8 Å². The lowest BCUT2D eigenvalue weighted by Crippen LogP contribution is -2.44. The number of methoxy groups -OCH3 is 1. The number of piperidine rings is 1. The number of rotatable bonds is 4. The molecule has 0 saturated carbocycles. The molecule has 1 amide bonds. The molecular formula is C17H18ClN3O3. The van der Waals surface area contributed by atoms with Crippen LogP contribution in [0.4, 0.5) is 0 Å². The minimum absolute atomic E-state index is 0.0946. The van der Waals surface area contributed by atoms with Crippen LogP contribution in [0, 0.1) is 0 Å². The monoisotopic (exact) mass is 347 g/mol. The number of nitrogens with zero attached hydrogens (tertiary/aromatic N) is 3. The van der Waals surface area contributed by atoms with Gasteiger partial charge in [0, 0.05) is 23.8 Å². The molecule has 7 heteroatoms. The first-order valence-electron chi connectivity index (χ1n) is 7.73. The molecule has 0 radical (unpaired) electrons. The van der Waals surface area contributed by atoms with E-state index in [0.29, 0.717) is 35.3 Å². The fraction of sp³-hybridized carbons (Fsp3) is 0.353. The molecule has 0 bridgehead atoms. The second-order valence-corrected chi connectivity index (χ2v) is 5.96. The van der Waals surface area contributed by atoms with Crippen molar-refractivity contribution in [2.24, 2.45) is 0 Å². The van der Waals surface area contributed by atoms with Gasteiger partial charge in [0.1, 0.15) is 18.2 Å². The van der Waals surface area contributed by atoms with Crippen molar-refractivity contribution in [1.82, 2.24) is 14.9 Å². The lowest BCUT2D eigenvalue weighted by Gasteiger charge is -2.33. The zero-order chi connectivity index (χ0) is 16.9. The van der Waals surface area contributed by atoms with Crippen molar-refractivity contribution in [2.75, 3.05) is 20.2 Å². The molecule has 0 unspecified atom stereocenters. The third-order valence-corrected chi connectivity index (χ3v) is 4.13. The van der Waals surface area contributed by atoms with E-state index in [-0.39, 0.29) is 12.0 Å². The highest BCUT2D eigenvalue weighted by Crippen LogP contribution is 2.26. The van der Waals surface area contributed by atoms with Crippen LogP contribution in [-0.4, -0.2) is 47.1 Å². The summed E-state index contributed by atoms with van der Waals surface area (Å²) in [5.41, 5.74) is 0.465. The smallest absolute Gasteiger partial charge is 0.257 e. The van der Waals surface area contributed by atoms with Crippen molar-refractivity contribution in [3.05, 3.63) is 47.4 Å². The third-order valence-electron chi connectivity index (χ3n) is 3.90. The Bertz CT molecular complexity index is 711. The molecule has 1 aliphatic heterocycles. The van der Waals surface area contributed by atoms with E-state index in [9.17, 15) is 4.79 Å². The number of aromatic nitrogens is 2. The fourth-order valence-corrected chi connectivity index (χ4v) is 2.93. The van der Waals surface area contributed by atoms with Gasteiger partial charge in [0.15, 0.2) is 0 Å². The van der Waals surface area contributed by atoms with E-state index in [1.807, 2.05) is 0 Å². The van der Waals surface area contributed by atoms with Crippen molar-refractivity contribution >= 4 is 17.5 Å². The maximum atomic E-state index is 12.8. The first-order chi connectivity index (χ1) is 11.7. The van der Waals surface area contributed by atoms with E-state index in [1.165, 1.54) is 13.4 Å². The quantitative estimate of drug-likeness (QED) is 0.851. The molecule has 0 spiro atoms. The van der Waals surface area contributed by atoms with Crippen LogP contribution < -0.4 is 9.47 Å². The average molecular weight is 348 g/mol. The largest absolute Gasteiger partial charge is 0.496 e. The maximum absolute atomic E-state index is 12.8. The van der Waals surface area contributed by atoms with Crippen molar-refractivity contribution < 1.29 is 14.3 Å². The van der Waals surface area contributed by atoms with Crippen LogP contribution in [0.1, 0.15) is 23.2 Å². The van der Waals surface area contributed by atoms with Gasteiger partial charge in [-0.3, -0.25) is 4.79 Å². The van der Waals surface area contributed by atoms with Crippen molar-refractivity contribution in [1.29, 1.82) is 0 Å². The van der Waals surface area contributed by atoms with Gasteiger partial charge in [0.05, 0.1) is 19.2 Å². The number of hydrogen-bond acceptors (Lipinski definition) is 5. The molecule has 1 fully saturated rings. The first-order valence-corrected chi connectivity index (χ1v) is 8.10. The minimum Gasteiger partial charge on any atom is -0.496 e. The number of benzene rings is 1. The van der Waals surface area contributed by atoms with Crippen LogP contribution in [-0.2, 0) is 0 Å². The molecule has 2 heterocycles. The van der Waals surface area contributed by atoms with E-state index < -0.39 is 0 Å². The summed E-state index contributed by atoms with van der Waals surface area (Å²) in [5, 5.41) is 0.505. The molecule has 126 valence electrons. The summed E-state index contributed by atoms with van der Waals surface area (Å²) in [6.45, 7) is 1.18. The number of carbonyl (C=O) groups excluding carboxylic acids is 1. The summed E-state index contributed by atoms with van der Waals surface area (Å²) in [5.74, 6) is 0.929. The Balaban J connectivity index is 1.72. The van der Waals surface area contributed by atoms with Crippen molar-refractivity contribution in [2.45, 2.75) is 18.9 Å². The Hall–Kier alpha value is -2.34. The van der Waals surface area contributed by atoms with Gasteiger partial charge in [-0.2, -0.15) is 0 Å². The Morgan fingerprint density at radius 1 is 1.38 bits per heavy atom. The van der Waals surface area contributed by atoms with Crippen LogP contribution in [0.2, 0.25) is 5.02 Å². The van der Waals surface area contributed by atoms with E-state index in [4.69, 9.17) is 21.1 Å². The van der Waals surface area contributed by atoms with E-state index in [1.54, 1.807) is 35.4 Å². The van der Waals surface area contributed by atoms with Gasteiger partial charge < -0.3 is 14.4 Å². The molecule has 1 aliphatic rings. The standard InChI is InChI=1S/C17H18ClN3O3/c1-23-15-5-4-12(18)9-14(15)17(22)21-8-2-3-13(10-21)24-16-6-7-19-11-20-16/h4-7,9,11,13H,2-3,8,10H2,1H3/t13-/m1/s1. The Kier molecular flexibility index (Phi) is 5.15. The highest BCUT2D eigenvalue weighted by molar-refractivity contribution is 6.31. The zero-order valence-electron chi connectivity index (χ0n) is 13.3. The van der Waals surface area contributed by atoms with Crippen LogP contribution in [0.25, 0.3) is 0 Å². The van der Waals surface area contributed by atoms with Crippen molar-refractivity contribution in [3.8, 4) is 11.6 Å². The fourth-order valence-electron chi connectivity index (χ4n) is 2.76. The molecule has 1 aromatic heterocycles. The van der Waals surface area contributed by atoms with Crippen LogP contribution in [0.3, 0.4) is 0 Å². The summed E-state index contributed by atoms with van der Waals surface area (Å²) in [7, 11) is 1.54. The molecule has 0 aliphatic carbocycles.